The second kappa shape index (κ2) is 6.53. The molecule has 3 rings (SSSR count). The lowest BCUT2D eigenvalue weighted by Gasteiger charge is -2.17. The lowest BCUT2D eigenvalue weighted by molar-refractivity contribution is 0.0936. The topological polar surface area (TPSA) is 76.9 Å². The fraction of sp³-hybridized carbons (Fsp3) is 0.125. The predicted molar refractivity (Wildman–Crippen MR) is 87.3 cm³/mol. The molecule has 0 bridgehead atoms. The first-order valence-electron chi connectivity index (χ1n) is 6.93. The zero-order chi connectivity index (χ0) is 16.2. The summed E-state index contributed by atoms with van der Waals surface area (Å²) in [5.74, 6) is -0.337. The van der Waals surface area contributed by atoms with E-state index in [2.05, 4.69) is 15.4 Å². The first-order chi connectivity index (χ1) is 11.1. The maximum absolute atomic E-state index is 12.5. The zero-order valence-corrected chi connectivity index (χ0v) is 13.2. The number of pyridine rings is 1. The van der Waals surface area contributed by atoms with Gasteiger partial charge >= 0.3 is 0 Å². The Morgan fingerprint density at radius 1 is 1.22 bits per heavy atom. The molecule has 116 valence electrons. The molecule has 0 aliphatic carbocycles. The highest BCUT2D eigenvalue weighted by Gasteiger charge is 2.19. The highest BCUT2D eigenvalue weighted by atomic mass is 32.1. The quantitative estimate of drug-likeness (QED) is 0.792. The summed E-state index contributed by atoms with van der Waals surface area (Å²) in [6, 6.07) is 10.1. The summed E-state index contributed by atoms with van der Waals surface area (Å²) in [4.78, 5) is 28.9. The van der Waals surface area contributed by atoms with Crippen molar-refractivity contribution in [3.8, 4) is 0 Å². The van der Waals surface area contributed by atoms with Gasteiger partial charge in [-0.05, 0) is 35.2 Å². The molecule has 6 nitrogen and oxygen atoms in total. The molecule has 1 amide bonds. The minimum atomic E-state index is -0.337. The van der Waals surface area contributed by atoms with E-state index < -0.39 is 0 Å². The van der Waals surface area contributed by atoms with Crippen molar-refractivity contribution in [2.45, 2.75) is 6.04 Å². The predicted octanol–water partition coefficient (Wildman–Crippen LogP) is 1.76. The zero-order valence-electron chi connectivity index (χ0n) is 12.3. The molecular weight excluding hydrogens is 312 g/mol. The van der Waals surface area contributed by atoms with Gasteiger partial charge in [0.2, 0.25) is 0 Å². The van der Waals surface area contributed by atoms with E-state index in [0.29, 0.717) is 0 Å². The molecule has 0 saturated heterocycles. The number of hydrogen-bond donors (Lipinski definition) is 1. The van der Waals surface area contributed by atoms with Gasteiger partial charge in [0, 0.05) is 30.4 Å². The van der Waals surface area contributed by atoms with Gasteiger partial charge in [0.15, 0.2) is 0 Å². The van der Waals surface area contributed by atoms with E-state index in [0.717, 1.165) is 15.1 Å². The molecule has 0 aliphatic rings. The Labute approximate surface area is 136 Å². The normalized spacial score (nSPS) is 11.9. The van der Waals surface area contributed by atoms with Gasteiger partial charge in [-0.3, -0.25) is 14.6 Å². The number of rotatable bonds is 4. The minimum Gasteiger partial charge on any atom is -0.339 e. The molecule has 0 radical (unpaired) electrons. The molecule has 3 aromatic rings. The highest BCUT2D eigenvalue weighted by Crippen LogP contribution is 2.25. The third-order valence-electron chi connectivity index (χ3n) is 3.34. The van der Waals surface area contributed by atoms with E-state index in [1.54, 1.807) is 23.7 Å². The average Bonchev–Trinajstić information content (AvgIpc) is 3.10. The van der Waals surface area contributed by atoms with Gasteiger partial charge in [0.1, 0.15) is 5.69 Å². The van der Waals surface area contributed by atoms with Gasteiger partial charge in [-0.1, -0.05) is 6.07 Å². The van der Waals surface area contributed by atoms with E-state index in [9.17, 15) is 9.59 Å². The van der Waals surface area contributed by atoms with Gasteiger partial charge in [-0.25, -0.2) is 4.68 Å². The standard InChI is InChI=1S/C16H14N4O2S/c1-20-14(21)5-4-12(19-20)16(22)18-15(13-3-2-10-23-13)11-6-8-17-9-7-11/h2-10,15H,1H3,(H,18,22). The summed E-state index contributed by atoms with van der Waals surface area (Å²) in [7, 11) is 1.51. The Morgan fingerprint density at radius 2 is 2.00 bits per heavy atom. The van der Waals surface area contributed by atoms with Crippen LogP contribution in [0.25, 0.3) is 0 Å². The van der Waals surface area contributed by atoms with Crippen molar-refractivity contribution >= 4 is 17.2 Å². The first kappa shape index (κ1) is 15.1. The molecule has 1 unspecified atom stereocenters. The third-order valence-corrected chi connectivity index (χ3v) is 4.27. The van der Waals surface area contributed by atoms with Crippen molar-refractivity contribution in [2.24, 2.45) is 7.05 Å². The molecule has 0 spiro atoms. The molecule has 0 aliphatic heterocycles. The van der Waals surface area contributed by atoms with Gasteiger partial charge in [-0.2, -0.15) is 5.10 Å². The number of hydrogen-bond acceptors (Lipinski definition) is 5. The van der Waals surface area contributed by atoms with Gasteiger partial charge < -0.3 is 5.32 Å². The maximum Gasteiger partial charge on any atom is 0.272 e. The van der Waals surface area contributed by atoms with E-state index in [4.69, 9.17) is 0 Å². The van der Waals surface area contributed by atoms with Crippen LogP contribution in [0.15, 0.2) is 59.0 Å². The van der Waals surface area contributed by atoms with Crippen LogP contribution in [0.4, 0.5) is 0 Å². The Balaban J connectivity index is 1.91. The van der Waals surface area contributed by atoms with Crippen LogP contribution >= 0.6 is 11.3 Å². The van der Waals surface area contributed by atoms with Crippen LogP contribution in [-0.2, 0) is 7.05 Å². The molecule has 0 fully saturated rings. The van der Waals surface area contributed by atoms with Crippen molar-refractivity contribution < 1.29 is 4.79 Å². The van der Waals surface area contributed by atoms with Crippen molar-refractivity contribution in [1.29, 1.82) is 0 Å². The largest absolute Gasteiger partial charge is 0.339 e. The van der Waals surface area contributed by atoms with E-state index in [1.807, 2.05) is 29.6 Å². The van der Waals surface area contributed by atoms with Crippen molar-refractivity contribution in [2.75, 3.05) is 0 Å². The van der Waals surface area contributed by atoms with E-state index >= 15 is 0 Å². The maximum atomic E-state index is 12.5. The molecule has 3 aromatic heterocycles. The van der Waals surface area contributed by atoms with Crippen LogP contribution in [0.5, 0.6) is 0 Å². The molecule has 1 atom stereocenters. The van der Waals surface area contributed by atoms with E-state index in [-0.39, 0.29) is 23.2 Å². The molecule has 0 saturated carbocycles. The minimum absolute atomic E-state index is 0.197. The lowest BCUT2D eigenvalue weighted by Crippen LogP contribution is -2.31. The summed E-state index contributed by atoms with van der Waals surface area (Å²) >= 11 is 1.56. The highest BCUT2D eigenvalue weighted by molar-refractivity contribution is 7.10. The smallest absolute Gasteiger partial charge is 0.272 e. The van der Waals surface area contributed by atoms with Gasteiger partial charge in [0.25, 0.3) is 11.5 Å². The number of aromatic nitrogens is 3. The Morgan fingerprint density at radius 3 is 2.65 bits per heavy atom. The van der Waals surface area contributed by atoms with Crippen LogP contribution < -0.4 is 10.9 Å². The number of carbonyl (C=O) groups excluding carboxylic acids is 1. The SMILES string of the molecule is Cn1nc(C(=O)NC(c2ccncc2)c2cccs2)ccc1=O. The van der Waals surface area contributed by atoms with Gasteiger partial charge in [0.05, 0.1) is 6.04 Å². The molecular formula is C16H14N4O2S. The molecule has 23 heavy (non-hydrogen) atoms. The number of aryl methyl sites for hydroxylation is 1. The number of carbonyl (C=O) groups is 1. The summed E-state index contributed by atoms with van der Waals surface area (Å²) < 4.78 is 1.14. The second-order valence-corrected chi connectivity index (χ2v) is 5.86. The number of thiophene rings is 1. The summed E-state index contributed by atoms with van der Waals surface area (Å²) in [5, 5.41) is 8.91. The van der Waals surface area contributed by atoms with Gasteiger partial charge in [-0.15, -0.1) is 11.3 Å². The molecule has 7 heteroatoms. The molecule has 1 N–H and O–H groups in total. The van der Waals surface area contributed by atoms with Crippen LogP contribution in [0.2, 0.25) is 0 Å². The average molecular weight is 326 g/mol. The van der Waals surface area contributed by atoms with Crippen LogP contribution in [0.3, 0.4) is 0 Å². The second-order valence-electron chi connectivity index (χ2n) is 4.88. The van der Waals surface area contributed by atoms with Crippen molar-refractivity contribution in [3.63, 3.8) is 0 Å². The Hall–Kier alpha value is -2.80. The fourth-order valence-electron chi connectivity index (χ4n) is 2.16. The summed E-state index contributed by atoms with van der Waals surface area (Å²) in [6.07, 6.45) is 3.37. The lowest BCUT2D eigenvalue weighted by atomic mass is 10.1. The van der Waals surface area contributed by atoms with Crippen LogP contribution in [0, 0.1) is 0 Å². The summed E-state index contributed by atoms with van der Waals surface area (Å²) in [5.41, 5.74) is 0.869. The number of nitrogens with one attached hydrogen (secondary N) is 1. The van der Waals surface area contributed by atoms with Crippen LogP contribution in [0.1, 0.15) is 27.0 Å². The third kappa shape index (κ3) is 3.35. The summed E-state index contributed by atoms with van der Waals surface area (Å²) in [6.45, 7) is 0. The first-order valence-corrected chi connectivity index (χ1v) is 7.81. The number of amides is 1. The molecule has 0 aromatic carbocycles. The van der Waals surface area contributed by atoms with E-state index in [1.165, 1.54) is 19.2 Å². The number of nitrogens with zero attached hydrogens (tertiary/aromatic N) is 3. The Kier molecular flexibility index (Phi) is 4.29. The van der Waals surface area contributed by atoms with Crippen LogP contribution in [-0.4, -0.2) is 20.7 Å². The fourth-order valence-corrected chi connectivity index (χ4v) is 2.96. The monoisotopic (exact) mass is 326 g/mol. The Bertz CT molecular complexity index is 859. The molecule has 3 heterocycles. The van der Waals surface area contributed by atoms with Crippen molar-refractivity contribution in [1.82, 2.24) is 20.1 Å². The van der Waals surface area contributed by atoms with Crippen molar-refractivity contribution in [3.05, 3.63) is 80.7 Å².